The predicted molar refractivity (Wildman–Crippen MR) is 76.1 cm³/mol. The lowest BCUT2D eigenvalue weighted by Gasteiger charge is -2.01. The summed E-state index contributed by atoms with van der Waals surface area (Å²) in [6.45, 7) is 1.71. The molecular weight excluding hydrogens is 275 g/mol. The van der Waals surface area contributed by atoms with Crippen LogP contribution in [0.4, 0.5) is 4.39 Å². The van der Waals surface area contributed by atoms with Crippen LogP contribution in [-0.4, -0.2) is 28.6 Å². The average molecular weight is 290 g/mol. The molecule has 0 unspecified atom stereocenters. The molecule has 1 heterocycles. The number of carbonyl (C=O) groups is 1. The minimum absolute atomic E-state index is 0.185. The van der Waals surface area contributed by atoms with Crippen LogP contribution in [0.1, 0.15) is 28.4 Å². The molecule has 5 nitrogen and oxygen atoms in total. The average Bonchev–Trinajstić information content (AvgIpc) is 2.86. The first kappa shape index (κ1) is 14.8. The van der Waals surface area contributed by atoms with E-state index in [4.69, 9.17) is 0 Å². The van der Waals surface area contributed by atoms with E-state index in [-0.39, 0.29) is 11.4 Å². The quantitative estimate of drug-likeness (QED) is 0.535. The SMILES string of the molecule is CO/N=C(/C)n1cc(Cc2ccc(F)cc2)c(C(=O)O)c1. The highest BCUT2D eigenvalue weighted by Gasteiger charge is 2.15. The molecule has 0 radical (unpaired) electrons. The summed E-state index contributed by atoms with van der Waals surface area (Å²) in [5, 5.41) is 13.0. The van der Waals surface area contributed by atoms with E-state index in [2.05, 4.69) is 9.99 Å². The first-order chi connectivity index (χ1) is 10.0. The monoisotopic (exact) mass is 290 g/mol. The number of rotatable bonds is 4. The van der Waals surface area contributed by atoms with Crippen molar-refractivity contribution in [3.05, 3.63) is 59.2 Å². The maximum atomic E-state index is 12.9. The van der Waals surface area contributed by atoms with Gasteiger partial charge in [-0.1, -0.05) is 17.3 Å². The highest BCUT2D eigenvalue weighted by Crippen LogP contribution is 2.17. The number of hydrogen-bond donors (Lipinski definition) is 1. The van der Waals surface area contributed by atoms with Gasteiger partial charge in [-0.25, -0.2) is 9.18 Å². The Hall–Kier alpha value is -2.63. The third-order valence-electron chi connectivity index (χ3n) is 3.04. The second kappa shape index (κ2) is 6.21. The fourth-order valence-electron chi connectivity index (χ4n) is 2.02. The lowest BCUT2D eigenvalue weighted by molar-refractivity contribution is 0.0696. The summed E-state index contributed by atoms with van der Waals surface area (Å²) in [4.78, 5) is 16.0. The molecule has 6 heteroatoms. The largest absolute Gasteiger partial charge is 0.478 e. The third kappa shape index (κ3) is 3.47. The van der Waals surface area contributed by atoms with Crippen LogP contribution in [0.5, 0.6) is 0 Å². The van der Waals surface area contributed by atoms with Crippen LogP contribution in [0.15, 0.2) is 41.8 Å². The van der Waals surface area contributed by atoms with Crippen molar-refractivity contribution in [2.24, 2.45) is 5.16 Å². The van der Waals surface area contributed by atoms with E-state index >= 15 is 0 Å². The summed E-state index contributed by atoms with van der Waals surface area (Å²) in [6, 6.07) is 5.97. The summed E-state index contributed by atoms with van der Waals surface area (Å²) >= 11 is 0. The minimum Gasteiger partial charge on any atom is -0.478 e. The van der Waals surface area contributed by atoms with E-state index in [0.717, 1.165) is 5.56 Å². The summed E-state index contributed by atoms with van der Waals surface area (Å²) in [5.41, 5.74) is 1.64. The van der Waals surface area contributed by atoms with Gasteiger partial charge in [0, 0.05) is 12.4 Å². The van der Waals surface area contributed by atoms with E-state index in [1.807, 2.05) is 0 Å². The lowest BCUT2D eigenvalue weighted by Crippen LogP contribution is -2.05. The van der Waals surface area contributed by atoms with Crippen molar-refractivity contribution in [1.29, 1.82) is 0 Å². The minimum atomic E-state index is -1.02. The number of carboxylic acids is 1. The molecule has 0 bridgehead atoms. The van der Waals surface area contributed by atoms with E-state index in [0.29, 0.717) is 17.8 Å². The molecule has 0 aliphatic carbocycles. The van der Waals surface area contributed by atoms with Gasteiger partial charge in [0.2, 0.25) is 0 Å². The van der Waals surface area contributed by atoms with Crippen molar-refractivity contribution in [3.8, 4) is 0 Å². The van der Waals surface area contributed by atoms with Crippen LogP contribution in [0, 0.1) is 5.82 Å². The summed E-state index contributed by atoms with van der Waals surface area (Å²) in [7, 11) is 1.42. The Kier molecular flexibility index (Phi) is 4.37. The smallest absolute Gasteiger partial charge is 0.337 e. The van der Waals surface area contributed by atoms with Gasteiger partial charge in [-0.3, -0.25) is 0 Å². The number of hydrogen-bond acceptors (Lipinski definition) is 3. The molecule has 2 aromatic rings. The van der Waals surface area contributed by atoms with Gasteiger partial charge in [-0.15, -0.1) is 0 Å². The molecule has 0 atom stereocenters. The van der Waals surface area contributed by atoms with Gasteiger partial charge >= 0.3 is 5.97 Å². The molecular formula is C15H15FN2O3. The van der Waals surface area contributed by atoms with E-state index in [1.165, 1.54) is 25.4 Å². The van der Waals surface area contributed by atoms with Gasteiger partial charge in [0.15, 0.2) is 0 Å². The van der Waals surface area contributed by atoms with Gasteiger partial charge < -0.3 is 14.5 Å². The van der Waals surface area contributed by atoms with Crippen molar-refractivity contribution >= 4 is 11.8 Å². The zero-order valence-electron chi connectivity index (χ0n) is 11.7. The number of carboxylic acid groups (broad SMARTS) is 1. The number of oxime groups is 1. The first-order valence-corrected chi connectivity index (χ1v) is 6.28. The molecule has 0 amide bonds. The fourth-order valence-corrected chi connectivity index (χ4v) is 2.02. The number of halogens is 1. The van der Waals surface area contributed by atoms with Crippen molar-refractivity contribution < 1.29 is 19.1 Å². The molecule has 0 saturated heterocycles. The molecule has 0 aliphatic heterocycles. The second-order valence-corrected chi connectivity index (χ2v) is 4.53. The molecule has 1 N–H and O–H groups in total. The number of aromatic nitrogens is 1. The Bertz CT molecular complexity index is 675. The molecule has 0 aliphatic rings. The molecule has 21 heavy (non-hydrogen) atoms. The van der Waals surface area contributed by atoms with Crippen molar-refractivity contribution in [3.63, 3.8) is 0 Å². The highest BCUT2D eigenvalue weighted by atomic mass is 19.1. The van der Waals surface area contributed by atoms with Crippen LogP contribution < -0.4 is 0 Å². The van der Waals surface area contributed by atoms with E-state index < -0.39 is 5.97 Å². The number of benzene rings is 1. The molecule has 110 valence electrons. The Labute approximate surface area is 121 Å². The van der Waals surface area contributed by atoms with Crippen LogP contribution in [0.2, 0.25) is 0 Å². The molecule has 1 aromatic heterocycles. The Morgan fingerprint density at radius 1 is 1.33 bits per heavy atom. The Balaban J connectivity index is 2.35. The van der Waals surface area contributed by atoms with Crippen molar-refractivity contribution in [1.82, 2.24) is 4.57 Å². The van der Waals surface area contributed by atoms with Gasteiger partial charge in [0.25, 0.3) is 0 Å². The van der Waals surface area contributed by atoms with Gasteiger partial charge in [0.05, 0.1) is 5.56 Å². The van der Waals surface area contributed by atoms with Gasteiger partial charge in [0.1, 0.15) is 18.8 Å². The molecule has 0 spiro atoms. The topological polar surface area (TPSA) is 63.8 Å². The third-order valence-corrected chi connectivity index (χ3v) is 3.04. The molecule has 0 fully saturated rings. The predicted octanol–water partition coefficient (Wildman–Crippen LogP) is 2.74. The standard InChI is InChI=1S/C15H15FN2O3/c1-10(17-21-2)18-8-12(14(9-18)15(19)20)7-11-3-5-13(16)6-4-11/h3-6,8-9H,7H2,1-2H3,(H,19,20)/b17-10-. The first-order valence-electron chi connectivity index (χ1n) is 6.28. The summed E-state index contributed by atoms with van der Waals surface area (Å²) in [5.74, 6) is -0.820. The normalized spacial score (nSPS) is 11.5. The molecule has 2 rings (SSSR count). The van der Waals surface area contributed by atoms with Crippen molar-refractivity contribution in [2.75, 3.05) is 7.11 Å². The second-order valence-electron chi connectivity index (χ2n) is 4.53. The molecule has 0 saturated carbocycles. The Morgan fingerprint density at radius 3 is 2.57 bits per heavy atom. The zero-order chi connectivity index (χ0) is 15.4. The van der Waals surface area contributed by atoms with Crippen LogP contribution >= 0.6 is 0 Å². The van der Waals surface area contributed by atoms with E-state index in [1.54, 1.807) is 29.8 Å². The maximum absolute atomic E-state index is 12.9. The number of nitrogens with zero attached hydrogens (tertiary/aromatic N) is 2. The van der Waals surface area contributed by atoms with Crippen LogP contribution in [0.25, 0.3) is 0 Å². The summed E-state index contributed by atoms with van der Waals surface area (Å²) in [6.07, 6.45) is 3.57. The molecule has 1 aromatic carbocycles. The maximum Gasteiger partial charge on any atom is 0.337 e. The highest BCUT2D eigenvalue weighted by molar-refractivity contribution is 5.92. The van der Waals surface area contributed by atoms with Gasteiger partial charge in [-0.2, -0.15) is 0 Å². The van der Waals surface area contributed by atoms with Gasteiger partial charge in [-0.05, 0) is 36.6 Å². The van der Waals surface area contributed by atoms with Crippen LogP contribution in [-0.2, 0) is 11.3 Å². The summed E-state index contributed by atoms with van der Waals surface area (Å²) < 4.78 is 14.5. The van der Waals surface area contributed by atoms with Crippen LogP contribution in [0.3, 0.4) is 0 Å². The fraction of sp³-hybridized carbons (Fsp3) is 0.200. The zero-order valence-corrected chi connectivity index (χ0v) is 11.7. The Morgan fingerprint density at radius 2 is 2.00 bits per heavy atom. The lowest BCUT2D eigenvalue weighted by atomic mass is 10.0. The van der Waals surface area contributed by atoms with E-state index in [9.17, 15) is 14.3 Å². The van der Waals surface area contributed by atoms with Crippen molar-refractivity contribution in [2.45, 2.75) is 13.3 Å². The number of aromatic carboxylic acids is 1.